The van der Waals surface area contributed by atoms with Crippen molar-refractivity contribution >= 4 is 32.4 Å². The highest BCUT2D eigenvalue weighted by atomic mass is 32.1. The van der Waals surface area contributed by atoms with Gasteiger partial charge >= 0.3 is 0 Å². The molecule has 26 heavy (non-hydrogen) atoms. The number of rotatable bonds is 7. The van der Waals surface area contributed by atoms with Gasteiger partial charge in [0.15, 0.2) is 16.6 Å². The van der Waals surface area contributed by atoms with E-state index < -0.39 is 0 Å². The van der Waals surface area contributed by atoms with Gasteiger partial charge in [0.1, 0.15) is 0 Å². The van der Waals surface area contributed by atoms with Crippen molar-refractivity contribution in [3.63, 3.8) is 0 Å². The molecule has 6 nitrogen and oxygen atoms in total. The zero-order chi connectivity index (χ0) is 18.7. The Morgan fingerprint density at radius 3 is 2.54 bits per heavy atom. The lowest BCUT2D eigenvalue weighted by atomic mass is 10.1. The zero-order valence-corrected chi connectivity index (χ0v) is 16.1. The third kappa shape index (κ3) is 3.68. The van der Waals surface area contributed by atoms with Gasteiger partial charge in [-0.1, -0.05) is 23.5 Å². The lowest BCUT2D eigenvalue weighted by Crippen LogP contribution is -2.16. The van der Waals surface area contributed by atoms with Crippen LogP contribution in [0.3, 0.4) is 0 Å². The largest absolute Gasteiger partial charge is 0.493 e. The molecule has 0 aliphatic carbocycles. The first-order valence-corrected chi connectivity index (χ1v) is 9.04. The van der Waals surface area contributed by atoms with Crippen molar-refractivity contribution in [3.05, 3.63) is 42.0 Å². The van der Waals surface area contributed by atoms with Crippen molar-refractivity contribution in [2.45, 2.75) is 6.04 Å². The Hall–Kier alpha value is -2.51. The Labute approximate surface area is 157 Å². The maximum absolute atomic E-state index is 9.87. The number of benzene rings is 2. The summed E-state index contributed by atoms with van der Waals surface area (Å²) in [4.78, 5) is 6.65. The third-order valence-electron chi connectivity index (χ3n) is 4.16. The number of nitrogens with zero attached hydrogens (tertiary/aromatic N) is 2. The normalized spacial score (nSPS) is 12.0. The first-order valence-electron chi connectivity index (χ1n) is 8.23. The number of thiazole rings is 1. The summed E-state index contributed by atoms with van der Waals surface area (Å²) in [6.07, 6.45) is 0. The second kappa shape index (κ2) is 7.80. The molecule has 0 aliphatic heterocycles. The average Bonchev–Trinajstić information content (AvgIpc) is 3.06. The standard InChI is InChI=1S/C19H23N3O3S/c1-22(2)13-7-5-6-12(8-13)15(11-23)21-19-20-14-9-16(24-3)17(25-4)10-18(14)26-19/h5-10,15,23H,11H2,1-4H3,(H,20,21)/t15-/m0/s1. The molecule has 2 N–H and O–H groups in total. The molecule has 0 saturated carbocycles. The van der Waals surface area contributed by atoms with Gasteiger partial charge in [0.25, 0.3) is 0 Å². The number of fused-ring (bicyclic) bond motifs is 1. The number of aromatic nitrogens is 1. The first-order chi connectivity index (χ1) is 12.5. The minimum Gasteiger partial charge on any atom is -0.493 e. The summed E-state index contributed by atoms with van der Waals surface area (Å²) in [6.45, 7) is -0.0283. The lowest BCUT2D eigenvalue weighted by Gasteiger charge is -2.19. The van der Waals surface area contributed by atoms with Crippen LogP contribution in [0.1, 0.15) is 11.6 Å². The minimum atomic E-state index is -0.237. The van der Waals surface area contributed by atoms with E-state index in [9.17, 15) is 5.11 Å². The smallest absolute Gasteiger partial charge is 0.184 e. The Morgan fingerprint density at radius 1 is 1.15 bits per heavy atom. The van der Waals surface area contributed by atoms with E-state index in [2.05, 4.69) is 16.4 Å². The summed E-state index contributed by atoms with van der Waals surface area (Å²) < 4.78 is 11.7. The van der Waals surface area contributed by atoms with Crippen LogP contribution in [0.2, 0.25) is 0 Å². The molecular weight excluding hydrogens is 350 g/mol. The average molecular weight is 373 g/mol. The number of nitrogens with one attached hydrogen (secondary N) is 1. The summed E-state index contributed by atoms with van der Waals surface area (Å²) in [6, 6.07) is 11.6. The van der Waals surface area contributed by atoms with Crippen molar-refractivity contribution < 1.29 is 14.6 Å². The van der Waals surface area contributed by atoms with Crippen molar-refractivity contribution in [2.24, 2.45) is 0 Å². The van der Waals surface area contributed by atoms with Crippen LogP contribution >= 0.6 is 11.3 Å². The van der Waals surface area contributed by atoms with Crippen molar-refractivity contribution in [1.82, 2.24) is 4.98 Å². The molecular formula is C19H23N3O3S. The molecule has 3 aromatic rings. The molecule has 1 atom stereocenters. The Balaban J connectivity index is 1.90. The van der Waals surface area contributed by atoms with Gasteiger partial charge < -0.3 is 24.8 Å². The van der Waals surface area contributed by atoms with Gasteiger partial charge in [0, 0.05) is 31.9 Å². The van der Waals surface area contributed by atoms with E-state index in [0.29, 0.717) is 11.5 Å². The zero-order valence-electron chi connectivity index (χ0n) is 15.3. The molecule has 0 radical (unpaired) electrons. The molecule has 0 unspecified atom stereocenters. The van der Waals surface area contributed by atoms with E-state index in [1.54, 1.807) is 14.2 Å². The summed E-state index contributed by atoms with van der Waals surface area (Å²) in [7, 11) is 7.21. The van der Waals surface area contributed by atoms with E-state index in [0.717, 1.165) is 26.6 Å². The van der Waals surface area contributed by atoms with Crippen molar-refractivity contribution in [2.75, 3.05) is 45.1 Å². The van der Waals surface area contributed by atoms with Crippen LogP contribution in [-0.4, -0.2) is 45.0 Å². The topological polar surface area (TPSA) is 66.8 Å². The number of ether oxygens (including phenoxy) is 2. The fourth-order valence-electron chi connectivity index (χ4n) is 2.72. The molecule has 138 valence electrons. The number of methoxy groups -OCH3 is 2. The Bertz CT molecular complexity index is 854. The second-order valence-corrected chi connectivity index (χ2v) is 7.09. The molecule has 0 spiro atoms. The summed E-state index contributed by atoms with van der Waals surface area (Å²) >= 11 is 1.52. The van der Waals surface area contributed by atoms with E-state index in [-0.39, 0.29) is 12.6 Å². The van der Waals surface area contributed by atoms with E-state index >= 15 is 0 Å². The fourth-order valence-corrected chi connectivity index (χ4v) is 3.65. The highest BCUT2D eigenvalue weighted by Gasteiger charge is 2.15. The first kappa shape index (κ1) is 18.3. The van der Waals surface area contributed by atoms with Gasteiger partial charge in [-0.15, -0.1) is 0 Å². The highest BCUT2D eigenvalue weighted by Crippen LogP contribution is 2.37. The quantitative estimate of drug-likeness (QED) is 0.660. The molecule has 0 aliphatic rings. The predicted molar refractivity (Wildman–Crippen MR) is 107 cm³/mol. The summed E-state index contributed by atoms with van der Waals surface area (Å²) in [5.74, 6) is 1.32. The molecule has 3 rings (SSSR count). The van der Waals surface area contributed by atoms with E-state index in [4.69, 9.17) is 9.47 Å². The van der Waals surface area contributed by atoms with Gasteiger partial charge in [-0.25, -0.2) is 4.98 Å². The maximum Gasteiger partial charge on any atom is 0.184 e. The molecule has 0 saturated heterocycles. The van der Waals surface area contributed by atoms with Crippen LogP contribution in [0, 0.1) is 0 Å². The van der Waals surface area contributed by atoms with Crippen LogP contribution in [0.25, 0.3) is 10.2 Å². The summed E-state index contributed by atoms with van der Waals surface area (Å²) in [5.41, 5.74) is 2.92. The van der Waals surface area contributed by atoms with Gasteiger partial charge in [0.2, 0.25) is 0 Å². The van der Waals surface area contributed by atoms with E-state index in [1.165, 1.54) is 11.3 Å². The Morgan fingerprint density at radius 2 is 1.88 bits per heavy atom. The molecule has 1 heterocycles. The number of aliphatic hydroxyl groups excluding tert-OH is 1. The number of anilines is 2. The van der Waals surface area contributed by atoms with Crippen LogP contribution in [-0.2, 0) is 0 Å². The van der Waals surface area contributed by atoms with Crippen molar-refractivity contribution in [3.8, 4) is 11.5 Å². The third-order valence-corrected chi connectivity index (χ3v) is 5.11. The van der Waals surface area contributed by atoms with Crippen LogP contribution in [0.5, 0.6) is 11.5 Å². The number of hydrogen-bond donors (Lipinski definition) is 2. The highest BCUT2D eigenvalue weighted by molar-refractivity contribution is 7.22. The van der Waals surface area contributed by atoms with Crippen LogP contribution in [0.15, 0.2) is 36.4 Å². The van der Waals surface area contributed by atoms with Crippen molar-refractivity contribution in [1.29, 1.82) is 0 Å². The number of aliphatic hydroxyl groups is 1. The fraction of sp³-hybridized carbons (Fsp3) is 0.316. The lowest BCUT2D eigenvalue weighted by molar-refractivity contribution is 0.276. The molecule has 0 fully saturated rings. The maximum atomic E-state index is 9.87. The number of hydrogen-bond acceptors (Lipinski definition) is 7. The monoisotopic (exact) mass is 373 g/mol. The summed E-state index contributed by atoms with van der Waals surface area (Å²) in [5, 5.41) is 13.9. The van der Waals surface area contributed by atoms with Gasteiger partial charge in [-0.05, 0) is 17.7 Å². The van der Waals surface area contributed by atoms with Crippen LogP contribution < -0.4 is 19.7 Å². The van der Waals surface area contributed by atoms with Gasteiger partial charge in [-0.2, -0.15) is 0 Å². The molecule has 2 aromatic carbocycles. The second-order valence-electron chi connectivity index (χ2n) is 6.06. The molecule has 1 aromatic heterocycles. The van der Waals surface area contributed by atoms with Gasteiger partial charge in [-0.3, -0.25) is 0 Å². The SMILES string of the molecule is COc1cc2nc(N[C@@H](CO)c3cccc(N(C)C)c3)sc2cc1OC. The molecule has 0 bridgehead atoms. The van der Waals surface area contributed by atoms with Gasteiger partial charge in [0.05, 0.1) is 37.1 Å². The van der Waals surface area contributed by atoms with E-state index in [1.807, 2.05) is 49.3 Å². The molecule has 0 amide bonds. The minimum absolute atomic E-state index is 0.0283. The predicted octanol–water partition coefficient (Wildman–Crippen LogP) is 3.53. The van der Waals surface area contributed by atoms with Crippen LogP contribution in [0.4, 0.5) is 10.8 Å². The molecule has 7 heteroatoms. The Kier molecular flexibility index (Phi) is 5.49.